The zero-order valence-electron chi connectivity index (χ0n) is 13.0. The summed E-state index contributed by atoms with van der Waals surface area (Å²) >= 11 is 10.7. The Morgan fingerprint density at radius 1 is 1.15 bits per heavy atom. The highest BCUT2D eigenvalue weighted by Crippen LogP contribution is 2.19. The zero-order chi connectivity index (χ0) is 18.5. The summed E-state index contributed by atoms with van der Waals surface area (Å²) in [5.74, 6) is -0.927. The van der Waals surface area contributed by atoms with Crippen LogP contribution in [-0.4, -0.2) is 31.2 Å². The number of aromatic nitrogens is 4. The van der Waals surface area contributed by atoms with E-state index in [-0.39, 0.29) is 10.1 Å². The van der Waals surface area contributed by atoms with Crippen LogP contribution < -0.4 is 16.2 Å². The summed E-state index contributed by atoms with van der Waals surface area (Å²) in [6.07, 6.45) is 1.45. The van der Waals surface area contributed by atoms with Gasteiger partial charge in [-0.25, -0.2) is 9.07 Å². The molecule has 3 aromatic rings. The van der Waals surface area contributed by atoms with Crippen molar-refractivity contribution < 1.29 is 9.18 Å². The normalized spacial score (nSPS) is 10.2. The number of halogens is 2. The fraction of sp³-hybridized carbons (Fsp3) is 0. The van der Waals surface area contributed by atoms with Gasteiger partial charge in [-0.3, -0.25) is 15.6 Å². The molecule has 0 aliphatic heterocycles. The lowest BCUT2D eigenvalue weighted by molar-refractivity contribution is 0.0944. The first-order valence-electron chi connectivity index (χ1n) is 7.19. The lowest BCUT2D eigenvalue weighted by atomic mass is 10.2. The quantitative estimate of drug-likeness (QED) is 0.464. The summed E-state index contributed by atoms with van der Waals surface area (Å²) in [5, 5.41) is 13.7. The number of hydrogen-bond acceptors (Lipinski definition) is 5. The minimum absolute atomic E-state index is 0.0375. The standard InChI is InChI=1S/C15H11ClFN7OS/c16-12-7-10(3-6-13(12)17)19-15(26)21-20-14(25)9-1-4-11(5-2-9)24-8-18-22-23-24/h1-8H,(H,20,25)(H2,19,21,26). The molecule has 2 aromatic carbocycles. The van der Waals surface area contributed by atoms with Crippen LogP contribution in [0.5, 0.6) is 0 Å². The van der Waals surface area contributed by atoms with Crippen molar-refractivity contribution >= 4 is 40.5 Å². The average molecular weight is 392 g/mol. The van der Waals surface area contributed by atoms with Crippen LogP contribution in [0.1, 0.15) is 10.4 Å². The van der Waals surface area contributed by atoms with Crippen LogP contribution in [0, 0.1) is 5.82 Å². The third-order valence-corrected chi connectivity index (χ3v) is 3.70. The van der Waals surface area contributed by atoms with Gasteiger partial charge in [-0.2, -0.15) is 0 Å². The number of thiocarbonyl (C=S) groups is 1. The maximum absolute atomic E-state index is 13.1. The molecule has 3 N–H and O–H groups in total. The van der Waals surface area contributed by atoms with Gasteiger partial charge in [0.15, 0.2) is 5.11 Å². The van der Waals surface area contributed by atoms with E-state index >= 15 is 0 Å². The van der Waals surface area contributed by atoms with Crippen molar-refractivity contribution in [1.82, 2.24) is 31.1 Å². The molecule has 0 aliphatic carbocycles. The Bertz CT molecular complexity index is 934. The van der Waals surface area contributed by atoms with Gasteiger partial charge in [-0.15, -0.1) is 5.10 Å². The maximum Gasteiger partial charge on any atom is 0.269 e. The van der Waals surface area contributed by atoms with Gasteiger partial charge in [-0.05, 0) is 65.1 Å². The van der Waals surface area contributed by atoms with E-state index < -0.39 is 11.7 Å². The number of nitrogens with zero attached hydrogens (tertiary/aromatic N) is 4. The summed E-state index contributed by atoms with van der Waals surface area (Å²) in [5.41, 5.74) is 6.60. The molecule has 0 bridgehead atoms. The minimum atomic E-state index is -0.533. The molecule has 1 aromatic heterocycles. The van der Waals surface area contributed by atoms with Crippen molar-refractivity contribution in [3.63, 3.8) is 0 Å². The SMILES string of the molecule is O=C(NNC(=S)Nc1ccc(F)c(Cl)c1)c1ccc(-n2cnnn2)cc1. The Hall–Kier alpha value is -3.11. The number of carbonyl (C=O) groups is 1. The van der Waals surface area contributed by atoms with Crippen LogP contribution in [0.15, 0.2) is 48.8 Å². The zero-order valence-corrected chi connectivity index (χ0v) is 14.6. The summed E-state index contributed by atoms with van der Waals surface area (Å²) in [6, 6.07) is 10.7. The van der Waals surface area contributed by atoms with E-state index in [1.807, 2.05) is 0 Å². The van der Waals surface area contributed by atoms with Crippen molar-refractivity contribution in [3.8, 4) is 5.69 Å². The smallest absolute Gasteiger partial charge is 0.269 e. The van der Waals surface area contributed by atoms with Crippen molar-refractivity contribution in [2.75, 3.05) is 5.32 Å². The van der Waals surface area contributed by atoms with Crippen LogP contribution in [0.2, 0.25) is 5.02 Å². The molecule has 132 valence electrons. The van der Waals surface area contributed by atoms with Crippen LogP contribution in [0.4, 0.5) is 10.1 Å². The number of amides is 1. The maximum atomic E-state index is 13.1. The first-order chi connectivity index (χ1) is 12.5. The summed E-state index contributed by atoms with van der Waals surface area (Å²) in [4.78, 5) is 12.1. The van der Waals surface area contributed by atoms with Gasteiger partial charge < -0.3 is 5.32 Å². The molecule has 0 aliphatic rings. The van der Waals surface area contributed by atoms with Gasteiger partial charge in [0.05, 0.1) is 10.7 Å². The third kappa shape index (κ3) is 4.29. The van der Waals surface area contributed by atoms with E-state index in [2.05, 4.69) is 31.7 Å². The van der Waals surface area contributed by atoms with E-state index in [1.165, 1.54) is 29.2 Å². The van der Waals surface area contributed by atoms with Crippen molar-refractivity contribution in [1.29, 1.82) is 0 Å². The minimum Gasteiger partial charge on any atom is -0.331 e. The number of anilines is 1. The predicted molar refractivity (Wildman–Crippen MR) is 97.4 cm³/mol. The molecule has 0 fully saturated rings. The lowest BCUT2D eigenvalue weighted by Crippen LogP contribution is -2.43. The Morgan fingerprint density at radius 2 is 1.92 bits per heavy atom. The molecule has 1 amide bonds. The molecule has 1 heterocycles. The largest absolute Gasteiger partial charge is 0.331 e. The van der Waals surface area contributed by atoms with E-state index in [0.29, 0.717) is 16.9 Å². The number of carbonyl (C=O) groups excluding carboxylic acids is 1. The van der Waals surface area contributed by atoms with Gasteiger partial charge in [0, 0.05) is 11.3 Å². The van der Waals surface area contributed by atoms with Crippen molar-refractivity contribution in [3.05, 3.63) is 65.2 Å². The highest BCUT2D eigenvalue weighted by atomic mass is 35.5. The topological polar surface area (TPSA) is 96.8 Å². The van der Waals surface area contributed by atoms with Gasteiger partial charge in [0.2, 0.25) is 0 Å². The van der Waals surface area contributed by atoms with Crippen LogP contribution in [-0.2, 0) is 0 Å². The summed E-state index contributed by atoms with van der Waals surface area (Å²) < 4.78 is 14.6. The number of tetrazole rings is 1. The number of hydrazine groups is 1. The highest BCUT2D eigenvalue weighted by molar-refractivity contribution is 7.80. The Labute approximate surface area is 157 Å². The first-order valence-corrected chi connectivity index (χ1v) is 7.97. The summed E-state index contributed by atoms with van der Waals surface area (Å²) in [6.45, 7) is 0. The molecule has 8 nitrogen and oxygen atoms in total. The number of nitrogens with one attached hydrogen (secondary N) is 3. The Balaban J connectivity index is 1.54. The van der Waals surface area contributed by atoms with E-state index in [1.54, 1.807) is 24.3 Å². The molecule has 26 heavy (non-hydrogen) atoms. The fourth-order valence-corrected chi connectivity index (χ4v) is 2.32. The lowest BCUT2D eigenvalue weighted by Gasteiger charge is -2.12. The molecular formula is C15H11ClFN7OS. The molecular weight excluding hydrogens is 381 g/mol. The van der Waals surface area contributed by atoms with Gasteiger partial charge in [-0.1, -0.05) is 11.6 Å². The second-order valence-electron chi connectivity index (χ2n) is 4.96. The molecule has 3 rings (SSSR count). The van der Waals surface area contributed by atoms with Crippen LogP contribution in [0.25, 0.3) is 5.69 Å². The molecule has 0 atom stereocenters. The first kappa shape index (κ1) is 17.7. The highest BCUT2D eigenvalue weighted by Gasteiger charge is 2.07. The van der Waals surface area contributed by atoms with Gasteiger partial charge in [0.25, 0.3) is 5.91 Å². The van der Waals surface area contributed by atoms with E-state index in [9.17, 15) is 9.18 Å². The number of hydrogen-bond donors (Lipinski definition) is 3. The molecule has 11 heteroatoms. The molecule has 0 unspecified atom stereocenters. The Kier molecular flexibility index (Phi) is 5.34. The van der Waals surface area contributed by atoms with E-state index in [0.717, 1.165) is 0 Å². The number of rotatable bonds is 3. The third-order valence-electron chi connectivity index (χ3n) is 3.21. The average Bonchev–Trinajstić information content (AvgIpc) is 3.18. The monoisotopic (exact) mass is 391 g/mol. The fourth-order valence-electron chi connectivity index (χ4n) is 1.97. The molecule has 0 radical (unpaired) electrons. The van der Waals surface area contributed by atoms with Gasteiger partial charge >= 0.3 is 0 Å². The second-order valence-corrected chi connectivity index (χ2v) is 5.78. The van der Waals surface area contributed by atoms with Crippen molar-refractivity contribution in [2.24, 2.45) is 0 Å². The number of benzene rings is 2. The van der Waals surface area contributed by atoms with Crippen molar-refractivity contribution in [2.45, 2.75) is 0 Å². The molecule has 0 saturated carbocycles. The van der Waals surface area contributed by atoms with E-state index in [4.69, 9.17) is 23.8 Å². The molecule has 0 spiro atoms. The van der Waals surface area contributed by atoms with Crippen LogP contribution >= 0.6 is 23.8 Å². The molecule has 0 saturated heterocycles. The van der Waals surface area contributed by atoms with Crippen LogP contribution in [0.3, 0.4) is 0 Å². The van der Waals surface area contributed by atoms with Gasteiger partial charge in [0.1, 0.15) is 12.1 Å². The Morgan fingerprint density at radius 3 is 2.58 bits per heavy atom. The predicted octanol–water partition coefficient (Wildman–Crippen LogP) is 2.09. The second kappa shape index (κ2) is 7.85. The summed E-state index contributed by atoms with van der Waals surface area (Å²) in [7, 11) is 0.